The number of nitrogens with one attached hydrogen (secondary N) is 1. The van der Waals surface area contributed by atoms with Crippen molar-refractivity contribution >= 4 is 0 Å². The Hall–Kier alpha value is -2.61. The van der Waals surface area contributed by atoms with Crippen LogP contribution in [-0.2, 0) is 6.42 Å². The molecule has 2 aromatic heterocycles. The first kappa shape index (κ1) is 13.4. The third-order valence-electron chi connectivity index (χ3n) is 3.18. The van der Waals surface area contributed by atoms with Crippen LogP contribution >= 0.6 is 0 Å². The zero-order chi connectivity index (χ0) is 14.5. The topological polar surface area (TPSA) is 94.6 Å². The van der Waals surface area contributed by atoms with E-state index in [9.17, 15) is 0 Å². The van der Waals surface area contributed by atoms with Gasteiger partial charge in [0.15, 0.2) is 6.33 Å². The number of benzene rings is 1. The summed E-state index contributed by atoms with van der Waals surface area (Å²) in [5, 5.41) is 18.2. The third-order valence-corrected chi connectivity index (χ3v) is 3.18. The highest BCUT2D eigenvalue weighted by Crippen LogP contribution is 2.16. The smallest absolute Gasteiger partial charge is 0.227 e. The van der Waals surface area contributed by atoms with Gasteiger partial charge in [0.25, 0.3) is 0 Å². The van der Waals surface area contributed by atoms with Gasteiger partial charge in [0.05, 0.1) is 5.69 Å². The van der Waals surface area contributed by atoms with E-state index in [1.807, 2.05) is 12.1 Å². The van der Waals surface area contributed by atoms with Crippen LogP contribution in [0.4, 0.5) is 0 Å². The highest BCUT2D eigenvalue weighted by Gasteiger charge is 2.07. The van der Waals surface area contributed by atoms with Gasteiger partial charge in [-0.25, -0.2) is 4.68 Å². The lowest BCUT2D eigenvalue weighted by Gasteiger charge is -2.14. The molecule has 108 valence electrons. The minimum absolute atomic E-state index is 0.198. The Balaban J connectivity index is 1.62. The fourth-order valence-corrected chi connectivity index (χ4v) is 2.04. The van der Waals surface area contributed by atoms with Crippen molar-refractivity contribution in [3.8, 4) is 5.69 Å². The summed E-state index contributed by atoms with van der Waals surface area (Å²) in [5.74, 6) is 0.636. The molecule has 21 heavy (non-hydrogen) atoms. The van der Waals surface area contributed by atoms with Gasteiger partial charge in [-0.2, -0.15) is 4.98 Å². The molecule has 0 radical (unpaired) electrons. The normalized spacial score (nSPS) is 12.4. The quantitative estimate of drug-likeness (QED) is 0.720. The van der Waals surface area contributed by atoms with Crippen LogP contribution in [0.15, 0.2) is 41.4 Å². The molecule has 0 saturated carbocycles. The van der Waals surface area contributed by atoms with Crippen molar-refractivity contribution in [3.63, 3.8) is 0 Å². The first-order valence-corrected chi connectivity index (χ1v) is 6.65. The average Bonchev–Trinajstić information content (AvgIpc) is 3.21. The van der Waals surface area contributed by atoms with Crippen LogP contribution < -0.4 is 5.32 Å². The predicted octanol–water partition coefficient (Wildman–Crippen LogP) is 0.939. The van der Waals surface area contributed by atoms with Gasteiger partial charge in [-0.1, -0.05) is 17.3 Å². The van der Waals surface area contributed by atoms with Gasteiger partial charge in [0, 0.05) is 19.0 Å². The van der Waals surface area contributed by atoms with Crippen molar-refractivity contribution in [2.45, 2.75) is 19.4 Å². The molecule has 0 aliphatic rings. The molecular weight excluding hydrogens is 270 g/mol. The van der Waals surface area contributed by atoms with E-state index in [0.717, 1.165) is 17.8 Å². The number of rotatable bonds is 6. The van der Waals surface area contributed by atoms with Crippen LogP contribution in [-0.4, -0.2) is 36.9 Å². The van der Waals surface area contributed by atoms with Crippen molar-refractivity contribution in [2.24, 2.45) is 0 Å². The van der Waals surface area contributed by atoms with E-state index >= 15 is 0 Å². The number of hydrogen-bond acceptors (Lipinski definition) is 7. The second-order valence-electron chi connectivity index (χ2n) is 4.61. The van der Waals surface area contributed by atoms with E-state index < -0.39 is 0 Å². The largest absolute Gasteiger partial charge is 0.340 e. The molecule has 8 nitrogen and oxygen atoms in total. The monoisotopic (exact) mass is 285 g/mol. The Labute approximate surface area is 121 Å². The molecule has 0 saturated heterocycles. The molecule has 0 aliphatic heterocycles. The predicted molar refractivity (Wildman–Crippen MR) is 73.6 cm³/mol. The fourth-order valence-electron chi connectivity index (χ4n) is 2.04. The van der Waals surface area contributed by atoms with E-state index in [1.165, 1.54) is 6.33 Å². The van der Waals surface area contributed by atoms with E-state index in [-0.39, 0.29) is 6.04 Å². The van der Waals surface area contributed by atoms with Gasteiger partial charge in [-0.3, -0.25) is 0 Å². The SMILES string of the molecule is CC(NCCc1ncno1)c1cccc(-n2cnnn2)c1. The summed E-state index contributed by atoms with van der Waals surface area (Å²) in [4.78, 5) is 3.99. The second-order valence-corrected chi connectivity index (χ2v) is 4.61. The minimum atomic E-state index is 0.198. The third kappa shape index (κ3) is 3.29. The summed E-state index contributed by atoms with van der Waals surface area (Å²) < 4.78 is 6.60. The van der Waals surface area contributed by atoms with Crippen LogP contribution in [0.1, 0.15) is 24.4 Å². The molecule has 1 aromatic carbocycles. The Morgan fingerprint density at radius 3 is 3.10 bits per heavy atom. The molecule has 0 amide bonds. The van der Waals surface area contributed by atoms with Crippen molar-refractivity contribution in [2.75, 3.05) is 6.54 Å². The Bertz CT molecular complexity index is 666. The van der Waals surface area contributed by atoms with Crippen molar-refractivity contribution in [1.82, 2.24) is 35.7 Å². The molecule has 0 bridgehead atoms. The van der Waals surface area contributed by atoms with Crippen LogP contribution in [0.5, 0.6) is 0 Å². The summed E-state index contributed by atoms with van der Waals surface area (Å²) in [5.41, 5.74) is 2.09. The summed E-state index contributed by atoms with van der Waals surface area (Å²) in [6.45, 7) is 2.87. The average molecular weight is 285 g/mol. The van der Waals surface area contributed by atoms with Gasteiger partial charge in [-0.15, -0.1) is 5.10 Å². The maximum absolute atomic E-state index is 4.96. The lowest BCUT2D eigenvalue weighted by molar-refractivity contribution is 0.372. The molecule has 0 aliphatic carbocycles. The lowest BCUT2D eigenvalue weighted by atomic mass is 10.1. The van der Waals surface area contributed by atoms with Gasteiger partial charge >= 0.3 is 0 Å². The molecule has 1 N–H and O–H groups in total. The maximum atomic E-state index is 4.96. The molecule has 1 unspecified atom stereocenters. The summed E-state index contributed by atoms with van der Waals surface area (Å²) >= 11 is 0. The standard InChI is InChI=1S/C13H15N7O/c1-10(14-6-5-13-15-8-17-21-13)11-3-2-4-12(7-11)20-9-16-18-19-20/h2-4,7-10,14H,5-6H2,1H3. The van der Waals surface area contributed by atoms with E-state index in [2.05, 4.69) is 50.0 Å². The van der Waals surface area contributed by atoms with Crippen LogP contribution in [0.2, 0.25) is 0 Å². The van der Waals surface area contributed by atoms with Crippen molar-refractivity contribution < 1.29 is 4.52 Å². The number of hydrogen-bond donors (Lipinski definition) is 1. The maximum Gasteiger partial charge on any atom is 0.227 e. The van der Waals surface area contributed by atoms with Crippen molar-refractivity contribution in [1.29, 1.82) is 0 Å². The summed E-state index contributed by atoms with van der Waals surface area (Å²) in [7, 11) is 0. The molecule has 3 rings (SSSR count). The van der Waals surface area contributed by atoms with E-state index in [0.29, 0.717) is 12.3 Å². The molecule has 1 atom stereocenters. The first-order valence-electron chi connectivity index (χ1n) is 6.65. The van der Waals surface area contributed by atoms with Crippen molar-refractivity contribution in [3.05, 3.63) is 48.4 Å². The van der Waals surface area contributed by atoms with E-state index in [4.69, 9.17) is 4.52 Å². The summed E-state index contributed by atoms with van der Waals surface area (Å²) in [6.07, 6.45) is 3.69. The molecular formula is C13H15N7O. The molecule has 2 heterocycles. The van der Waals surface area contributed by atoms with Crippen LogP contribution in [0.25, 0.3) is 5.69 Å². The molecule has 3 aromatic rings. The Kier molecular flexibility index (Phi) is 3.97. The highest BCUT2D eigenvalue weighted by atomic mass is 16.5. The number of aromatic nitrogens is 6. The van der Waals surface area contributed by atoms with Crippen LogP contribution in [0.3, 0.4) is 0 Å². The van der Waals surface area contributed by atoms with Gasteiger partial charge in [-0.05, 0) is 35.0 Å². The minimum Gasteiger partial charge on any atom is -0.340 e. The second kappa shape index (κ2) is 6.23. The Morgan fingerprint density at radius 1 is 1.38 bits per heavy atom. The zero-order valence-corrected chi connectivity index (χ0v) is 11.5. The Morgan fingerprint density at radius 2 is 2.33 bits per heavy atom. The molecule has 8 heteroatoms. The fraction of sp³-hybridized carbons (Fsp3) is 0.308. The highest BCUT2D eigenvalue weighted by molar-refractivity contribution is 5.35. The first-order chi connectivity index (χ1) is 10.3. The zero-order valence-electron chi connectivity index (χ0n) is 11.5. The molecule has 0 spiro atoms. The van der Waals surface area contributed by atoms with E-state index in [1.54, 1.807) is 11.0 Å². The van der Waals surface area contributed by atoms with Gasteiger partial charge < -0.3 is 9.84 Å². The van der Waals surface area contributed by atoms with Crippen LogP contribution in [0, 0.1) is 0 Å². The van der Waals surface area contributed by atoms with Gasteiger partial charge in [0.1, 0.15) is 6.33 Å². The number of tetrazole rings is 1. The van der Waals surface area contributed by atoms with Gasteiger partial charge in [0.2, 0.25) is 5.89 Å². The summed E-state index contributed by atoms with van der Waals surface area (Å²) in [6, 6.07) is 8.27. The molecule has 0 fully saturated rings. The lowest BCUT2D eigenvalue weighted by Crippen LogP contribution is -2.21. The number of nitrogens with zero attached hydrogens (tertiary/aromatic N) is 6.